The van der Waals surface area contributed by atoms with Gasteiger partial charge in [-0.2, -0.15) is 0 Å². The molecule has 0 bridgehead atoms. The van der Waals surface area contributed by atoms with Gasteiger partial charge in [0.2, 0.25) is 0 Å². The molecule has 6 nitrogen and oxygen atoms in total. The van der Waals surface area contributed by atoms with Crippen molar-refractivity contribution in [2.24, 2.45) is 0 Å². The number of rotatable bonds is 8. The molecule has 0 atom stereocenters. The van der Waals surface area contributed by atoms with Crippen LogP contribution in [0.1, 0.15) is 10.5 Å². The van der Waals surface area contributed by atoms with Gasteiger partial charge in [-0.1, -0.05) is 0 Å². The fourth-order valence-corrected chi connectivity index (χ4v) is 1.24. The molecule has 2 N–H and O–H groups in total. The molecule has 18 heavy (non-hydrogen) atoms. The van der Waals surface area contributed by atoms with Crippen molar-refractivity contribution in [3.05, 3.63) is 24.0 Å². The van der Waals surface area contributed by atoms with E-state index in [0.717, 1.165) is 12.2 Å². The molecule has 6 heteroatoms. The van der Waals surface area contributed by atoms with Crippen LogP contribution in [0.5, 0.6) is 0 Å². The van der Waals surface area contributed by atoms with Crippen LogP contribution in [0.15, 0.2) is 18.3 Å². The van der Waals surface area contributed by atoms with Crippen molar-refractivity contribution in [2.75, 3.05) is 45.7 Å². The van der Waals surface area contributed by atoms with Crippen LogP contribution in [0, 0.1) is 0 Å². The van der Waals surface area contributed by atoms with Crippen molar-refractivity contribution in [1.82, 2.24) is 9.88 Å². The first kappa shape index (κ1) is 14.4. The van der Waals surface area contributed by atoms with E-state index in [-0.39, 0.29) is 5.69 Å². The molecule has 0 aliphatic heterocycles. The Morgan fingerprint density at radius 2 is 2.22 bits per heavy atom. The molecular weight excluding hydrogens is 234 g/mol. The highest BCUT2D eigenvalue weighted by atomic mass is 16.5. The lowest BCUT2D eigenvalue weighted by Crippen LogP contribution is -2.20. The van der Waals surface area contributed by atoms with Crippen LogP contribution >= 0.6 is 0 Å². The monoisotopic (exact) mass is 253 g/mol. The fraction of sp³-hybridized carbons (Fsp3) is 0.500. The van der Waals surface area contributed by atoms with Gasteiger partial charge in [0.1, 0.15) is 5.69 Å². The van der Waals surface area contributed by atoms with Crippen molar-refractivity contribution >= 4 is 11.7 Å². The van der Waals surface area contributed by atoms with Gasteiger partial charge in [-0.3, -0.25) is 0 Å². The Balaban J connectivity index is 2.17. The molecule has 0 saturated carbocycles. The van der Waals surface area contributed by atoms with E-state index < -0.39 is 5.97 Å². The molecule has 0 spiro atoms. The number of anilines is 1. The van der Waals surface area contributed by atoms with Crippen LogP contribution in [-0.4, -0.2) is 61.4 Å². The van der Waals surface area contributed by atoms with Gasteiger partial charge in [-0.15, -0.1) is 0 Å². The molecule has 0 aliphatic carbocycles. The second-order valence-electron chi connectivity index (χ2n) is 4.08. The number of carboxylic acid groups (broad SMARTS) is 1. The van der Waals surface area contributed by atoms with Gasteiger partial charge in [0, 0.05) is 13.1 Å². The van der Waals surface area contributed by atoms with E-state index in [1.807, 2.05) is 14.1 Å². The lowest BCUT2D eigenvalue weighted by Gasteiger charge is -2.10. The van der Waals surface area contributed by atoms with Crippen molar-refractivity contribution in [1.29, 1.82) is 0 Å². The van der Waals surface area contributed by atoms with Crippen LogP contribution < -0.4 is 5.32 Å². The molecule has 1 aromatic heterocycles. The van der Waals surface area contributed by atoms with Gasteiger partial charge in [0.05, 0.1) is 25.1 Å². The van der Waals surface area contributed by atoms with E-state index in [9.17, 15) is 4.79 Å². The molecule has 0 unspecified atom stereocenters. The second kappa shape index (κ2) is 7.62. The minimum absolute atomic E-state index is 0.0442. The third-order valence-electron chi connectivity index (χ3n) is 2.24. The third kappa shape index (κ3) is 5.60. The van der Waals surface area contributed by atoms with Gasteiger partial charge in [-0.05, 0) is 26.2 Å². The first-order chi connectivity index (χ1) is 8.59. The molecule has 0 aliphatic rings. The number of hydrogen-bond acceptors (Lipinski definition) is 5. The number of pyridine rings is 1. The van der Waals surface area contributed by atoms with Crippen LogP contribution in [0.3, 0.4) is 0 Å². The zero-order valence-electron chi connectivity index (χ0n) is 10.7. The highest BCUT2D eigenvalue weighted by molar-refractivity contribution is 5.85. The van der Waals surface area contributed by atoms with Crippen molar-refractivity contribution in [2.45, 2.75) is 0 Å². The first-order valence-electron chi connectivity index (χ1n) is 5.75. The topological polar surface area (TPSA) is 74.7 Å². The van der Waals surface area contributed by atoms with Gasteiger partial charge < -0.3 is 20.1 Å². The van der Waals surface area contributed by atoms with E-state index in [1.165, 1.54) is 12.3 Å². The minimum Gasteiger partial charge on any atom is -0.477 e. The number of nitrogens with zero attached hydrogens (tertiary/aromatic N) is 2. The van der Waals surface area contributed by atoms with Crippen LogP contribution in [0.4, 0.5) is 5.69 Å². The maximum atomic E-state index is 10.6. The number of ether oxygens (including phenoxy) is 1. The Morgan fingerprint density at radius 3 is 2.78 bits per heavy atom. The quantitative estimate of drug-likeness (QED) is 0.667. The van der Waals surface area contributed by atoms with Gasteiger partial charge in [-0.25, -0.2) is 9.78 Å². The highest BCUT2D eigenvalue weighted by Crippen LogP contribution is 2.05. The summed E-state index contributed by atoms with van der Waals surface area (Å²) in [6.45, 7) is 2.87. The van der Waals surface area contributed by atoms with Crippen molar-refractivity contribution in [3.63, 3.8) is 0 Å². The molecule has 0 amide bonds. The van der Waals surface area contributed by atoms with Crippen molar-refractivity contribution < 1.29 is 14.6 Å². The maximum absolute atomic E-state index is 10.6. The summed E-state index contributed by atoms with van der Waals surface area (Å²) in [5.41, 5.74) is 0.832. The standard InChI is InChI=1S/C12H19N3O3/c1-15(2)6-8-18-7-5-13-10-3-4-11(12(16)17)14-9-10/h3-4,9,13H,5-8H2,1-2H3,(H,16,17). The molecule has 0 saturated heterocycles. The number of likely N-dealkylation sites (N-methyl/N-ethyl adjacent to an activating group) is 1. The van der Waals surface area contributed by atoms with Crippen molar-refractivity contribution in [3.8, 4) is 0 Å². The Labute approximate surface area is 107 Å². The molecule has 1 aromatic rings. The predicted molar refractivity (Wildman–Crippen MR) is 69.1 cm³/mol. The average molecular weight is 253 g/mol. The second-order valence-corrected chi connectivity index (χ2v) is 4.08. The van der Waals surface area contributed by atoms with Gasteiger partial charge in [0.15, 0.2) is 0 Å². The maximum Gasteiger partial charge on any atom is 0.354 e. The largest absolute Gasteiger partial charge is 0.477 e. The van der Waals surface area contributed by atoms with E-state index in [0.29, 0.717) is 19.8 Å². The summed E-state index contributed by atoms with van der Waals surface area (Å²) in [6.07, 6.45) is 1.50. The van der Waals surface area contributed by atoms with Crippen LogP contribution in [0.25, 0.3) is 0 Å². The lowest BCUT2D eigenvalue weighted by atomic mass is 10.3. The minimum atomic E-state index is -1.02. The predicted octanol–water partition coefficient (Wildman–Crippen LogP) is 0.770. The van der Waals surface area contributed by atoms with Gasteiger partial charge in [0.25, 0.3) is 0 Å². The van der Waals surface area contributed by atoms with E-state index >= 15 is 0 Å². The van der Waals surface area contributed by atoms with E-state index in [4.69, 9.17) is 9.84 Å². The van der Waals surface area contributed by atoms with E-state index in [2.05, 4.69) is 15.2 Å². The zero-order valence-corrected chi connectivity index (χ0v) is 10.7. The number of aromatic nitrogens is 1. The molecular formula is C12H19N3O3. The number of aromatic carboxylic acids is 1. The molecule has 0 aromatic carbocycles. The molecule has 0 fully saturated rings. The average Bonchev–Trinajstić information content (AvgIpc) is 2.34. The highest BCUT2D eigenvalue weighted by Gasteiger charge is 2.02. The summed E-state index contributed by atoms with van der Waals surface area (Å²) in [5.74, 6) is -1.02. The van der Waals surface area contributed by atoms with Crippen LogP contribution in [0.2, 0.25) is 0 Å². The van der Waals surface area contributed by atoms with E-state index in [1.54, 1.807) is 6.07 Å². The summed E-state index contributed by atoms with van der Waals surface area (Å²) in [4.78, 5) is 16.5. The Morgan fingerprint density at radius 1 is 1.44 bits per heavy atom. The number of carbonyl (C=O) groups is 1. The summed E-state index contributed by atoms with van der Waals surface area (Å²) in [5, 5.41) is 11.8. The number of hydrogen-bond donors (Lipinski definition) is 2. The molecule has 1 heterocycles. The van der Waals surface area contributed by atoms with Gasteiger partial charge >= 0.3 is 5.97 Å². The molecule has 100 valence electrons. The molecule has 1 rings (SSSR count). The first-order valence-corrected chi connectivity index (χ1v) is 5.75. The zero-order chi connectivity index (χ0) is 13.4. The molecule has 0 radical (unpaired) electrons. The van der Waals surface area contributed by atoms with Crippen LogP contribution in [-0.2, 0) is 4.74 Å². The summed E-state index contributed by atoms with van der Waals surface area (Å²) < 4.78 is 5.41. The Hall–Kier alpha value is -1.66. The Bertz CT molecular complexity index is 365. The normalized spacial score (nSPS) is 10.6. The third-order valence-corrected chi connectivity index (χ3v) is 2.24. The summed E-state index contributed by atoms with van der Waals surface area (Å²) in [7, 11) is 3.99. The summed E-state index contributed by atoms with van der Waals surface area (Å²) >= 11 is 0. The Kier molecular flexibility index (Phi) is 6.10. The lowest BCUT2D eigenvalue weighted by molar-refractivity contribution is 0.0690. The smallest absolute Gasteiger partial charge is 0.354 e. The SMILES string of the molecule is CN(C)CCOCCNc1ccc(C(=O)O)nc1. The number of carboxylic acids is 1. The summed E-state index contributed by atoms with van der Waals surface area (Å²) in [6, 6.07) is 3.16. The number of nitrogens with one attached hydrogen (secondary N) is 1. The fourth-order valence-electron chi connectivity index (χ4n) is 1.24.